The summed E-state index contributed by atoms with van der Waals surface area (Å²) in [5, 5.41) is 12.4. The third-order valence-electron chi connectivity index (χ3n) is 9.81. The highest BCUT2D eigenvalue weighted by molar-refractivity contribution is 6.18. The summed E-state index contributed by atoms with van der Waals surface area (Å²) in [6, 6.07) is 31.9. The van der Waals surface area contributed by atoms with Gasteiger partial charge in [-0.1, -0.05) is 66.7 Å². The number of halogens is 1. The van der Waals surface area contributed by atoms with Crippen LogP contribution >= 0.6 is 11.6 Å². The van der Waals surface area contributed by atoms with Gasteiger partial charge in [-0.25, -0.2) is 0 Å². The number of piperazine rings is 1. The van der Waals surface area contributed by atoms with Gasteiger partial charge >= 0.3 is 0 Å². The van der Waals surface area contributed by atoms with E-state index in [9.17, 15) is 19.5 Å². The number of anilines is 1. The number of rotatable bonds is 9. The summed E-state index contributed by atoms with van der Waals surface area (Å²) in [4.78, 5) is 43.6. The predicted octanol–water partition coefficient (Wildman–Crippen LogP) is 6.06. The first kappa shape index (κ1) is 32.6. The van der Waals surface area contributed by atoms with Crippen molar-refractivity contribution >= 4 is 46.2 Å². The number of imide groups is 1. The van der Waals surface area contributed by atoms with Crippen molar-refractivity contribution in [3.63, 3.8) is 0 Å². The van der Waals surface area contributed by atoms with E-state index in [-0.39, 0.29) is 29.9 Å². The number of hydrogen-bond donors (Lipinski definition) is 2. The van der Waals surface area contributed by atoms with Crippen molar-refractivity contribution < 1.29 is 19.5 Å². The minimum Gasteiger partial charge on any atom is -0.508 e. The average molecular weight is 675 g/mol. The Labute approximate surface area is 291 Å². The Morgan fingerprint density at radius 2 is 1.51 bits per heavy atom. The number of aromatic hydroxyl groups is 1. The number of benzene rings is 4. The Balaban J connectivity index is 1.02. The molecule has 1 atom stereocenters. The Kier molecular flexibility index (Phi) is 9.51. The molecule has 8 nitrogen and oxygen atoms in total. The Morgan fingerprint density at radius 1 is 0.816 bits per heavy atom. The number of carbonyl (C=O) groups excluding carboxylic acids is 3. The van der Waals surface area contributed by atoms with Crippen LogP contribution in [0.5, 0.6) is 5.75 Å². The molecule has 3 amide bonds. The first-order valence-electron chi connectivity index (χ1n) is 16.9. The molecule has 0 saturated carbocycles. The van der Waals surface area contributed by atoms with Crippen LogP contribution in [0, 0.1) is 0 Å². The summed E-state index contributed by atoms with van der Waals surface area (Å²) >= 11 is 6.33. The summed E-state index contributed by atoms with van der Waals surface area (Å²) in [7, 11) is 0. The van der Waals surface area contributed by atoms with Crippen LogP contribution in [0.4, 0.5) is 5.69 Å². The molecule has 3 aliphatic rings. The van der Waals surface area contributed by atoms with Gasteiger partial charge < -0.3 is 14.9 Å². The van der Waals surface area contributed by atoms with E-state index in [2.05, 4.69) is 57.6 Å². The third-order valence-corrected chi connectivity index (χ3v) is 10.0. The van der Waals surface area contributed by atoms with Crippen molar-refractivity contribution in [3.8, 4) is 5.75 Å². The number of fused-ring (bicyclic) bond motifs is 1. The molecular formula is C40H39ClN4O4. The molecule has 4 aromatic rings. The predicted molar refractivity (Wildman–Crippen MR) is 192 cm³/mol. The van der Waals surface area contributed by atoms with Gasteiger partial charge in [0.05, 0.1) is 0 Å². The van der Waals surface area contributed by atoms with Crippen LogP contribution in [0.25, 0.3) is 11.1 Å². The first-order valence-corrected chi connectivity index (χ1v) is 17.4. The zero-order chi connectivity index (χ0) is 33.9. The van der Waals surface area contributed by atoms with Gasteiger partial charge in [-0.2, -0.15) is 0 Å². The lowest BCUT2D eigenvalue weighted by molar-refractivity contribution is -0.136. The lowest BCUT2D eigenvalue weighted by Gasteiger charge is -2.36. The molecule has 0 radical (unpaired) electrons. The molecule has 7 rings (SSSR count). The zero-order valence-corrected chi connectivity index (χ0v) is 28.0. The van der Waals surface area contributed by atoms with Crippen molar-refractivity contribution in [3.05, 3.63) is 130 Å². The van der Waals surface area contributed by atoms with Crippen LogP contribution in [0.3, 0.4) is 0 Å². The van der Waals surface area contributed by atoms with Crippen molar-refractivity contribution in [2.45, 2.75) is 38.4 Å². The minimum absolute atomic E-state index is 0.142. The number of hydrogen-bond acceptors (Lipinski definition) is 6. The van der Waals surface area contributed by atoms with Gasteiger partial charge in [0.25, 0.3) is 5.91 Å². The molecular weight excluding hydrogens is 636 g/mol. The van der Waals surface area contributed by atoms with Crippen LogP contribution in [-0.2, 0) is 22.7 Å². The monoisotopic (exact) mass is 674 g/mol. The number of piperidine rings is 1. The number of nitrogens with zero attached hydrogens (tertiary/aromatic N) is 3. The standard InChI is InChI=1S/C40H39ClN4O4/c41-19-18-34(28-4-2-1-3-5-28)38(30-9-13-33(46)14-10-30)29-7-11-32(12-8-29)44-22-20-43(21-23-44)25-27-6-15-35-31(24-27)26-45(40(35)49)36-16-17-37(47)42-39(36)48/h1-15,24,36,46H,16-23,25-26H2,(H,42,47,48)/b38-34+. The van der Waals surface area contributed by atoms with E-state index < -0.39 is 6.04 Å². The molecule has 49 heavy (non-hydrogen) atoms. The van der Waals surface area contributed by atoms with Gasteiger partial charge in [0, 0.05) is 62.8 Å². The van der Waals surface area contributed by atoms with Gasteiger partial charge in [-0.05, 0) is 82.1 Å². The summed E-state index contributed by atoms with van der Waals surface area (Å²) in [5.41, 5.74) is 9.45. The number of amides is 3. The quantitative estimate of drug-likeness (QED) is 0.127. The number of carbonyl (C=O) groups is 3. The molecule has 2 fully saturated rings. The number of phenols is 1. The molecule has 2 saturated heterocycles. The molecule has 250 valence electrons. The van der Waals surface area contributed by atoms with Crippen molar-refractivity contribution in [2.24, 2.45) is 0 Å². The molecule has 3 heterocycles. The molecule has 0 aromatic heterocycles. The summed E-state index contributed by atoms with van der Waals surface area (Å²) in [5.74, 6) is -0.0751. The smallest absolute Gasteiger partial charge is 0.255 e. The van der Waals surface area contributed by atoms with Gasteiger partial charge in [0.1, 0.15) is 11.8 Å². The van der Waals surface area contributed by atoms with Crippen molar-refractivity contribution in [1.29, 1.82) is 0 Å². The normalized spacial score (nSPS) is 18.7. The lowest BCUT2D eigenvalue weighted by atomic mass is 9.88. The molecule has 4 aromatic carbocycles. The second-order valence-electron chi connectivity index (χ2n) is 12.9. The van der Waals surface area contributed by atoms with Crippen molar-refractivity contribution in [1.82, 2.24) is 15.1 Å². The van der Waals surface area contributed by atoms with E-state index in [4.69, 9.17) is 11.6 Å². The molecule has 3 aliphatic heterocycles. The zero-order valence-electron chi connectivity index (χ0n) is 27.3. The van der Waals surface area contributed by atoms with Crippen molar-refractivity contribution in [2.75, 3.05) is 37.0 Å². The topological polar surface area (TPSA) is 93.2 Å². The van der Waals surface area contributed by atoms with E-state index in [0.29, 0.717) is 30.8 Å². The Bertz CT molecular complexity index is 1880. The fourth-order valence-electron chi connectivity index (χ4n) is 7.28. The van der Waals surface area contributed by atoms with Gasteiger partial charge in [-0.3, -0.25) is 24.6 Å². The van der Waals surface area contributed by atoms with E-state index in [0.717, 1.165) is 66.1 Å². The number of nitrogens with one attached hydrogen (secondary N) is 1. The van der Waals surface area contributed by atoms with Crippen LogP contribution in [-0.4, -0.2) is 70.7 Å². The highest BCUT2D eigenvalue weighted by atomic mass is 35.5. The maximum Gasteiger partial charge on any atom is 0.255 e. The number of alkyl halides is 1. The molecule has 9 heteroatoms. The largest absolute Gasteiger partial charge is 0.508 e. The molecule has 1 unspecified atom stereocenters. The number of allylic oxidation sites excluding steroid dienone is 1. The summed E-state index contributed by atoms with van der Waals surface area (Å²) in [6.45, 7) is 4.79. The fourth-order valence-corrected chi connectivity index (χ4v) is 7.47. The van der Waals surface area contributed by atoms with E-state index >= 15 is 0 Å². The fraction of sp³-hybridized carbons (Fsp3) is 0.275. The van der Waals surface area contributed by atoms with E-state index in [1.54, 1.807) is 17.0 Å². The van der Waals surface area contributed by atoms with E-state index in [1.807, 2.05) is 42.5 Å². The molecule has 0 spiro atoms. The highest BCUT2D eigenvalue weighted by Crippen LogP contribution is 2.36. The summed E-state index contributed by atoms with van der Waals surface area (Å²) in [6.07, 6.45) is 1.33. The maximum absolute atomic E-state index is 13.1. The maximum atomic E-state index is 13.1. The molecule has 0 aliphatic carbocycles. The SMILES string of the molecule is O=C1CCC(N2Cc3cc(CN4CCN(c5ccc(/C(=C(/CCCl)c6ccccc6)c6ccc(O)cc6)cc5)CC4)ccc3C2=O)C(=O)N1. The first-order chi connectivity index (χ1) is 23.9. The molecule has 2 N–H and O–H groups in total. The van der Waals surface area contributed by atoms with Gasteiger partial charge in [0.2, 0.25) is 11.8 Å². The summed E-state index contributed by atoms with van der Waals surface area (Å²) < 4.78 is 0. The Hall–Kier alpha value is -4.92. The minimum atomic E-state index is -0.602. The van der Waals surface area contributed by atoms with E-state index in [1.165, 1.54) is 11.3 Å². The van der Waals surface area contributed by atoms with Gasteiger partial charge in [-0.15, -0.1) is 11.6 Å². The van der Waals surface area contributed by atoms with Crippen LogP contribution < -0.4 is 10.2 Å². The highest BCUT2D eigenvalue weighted by Gasteiger charge is 2.39. The number of phenolic OH excluding ortho intramolecular Hbond substituents is 1. The van der Waals surface area contributed by atoms with Crippen LogP contribution in [0.15, 0.2) is 97.1 Å². The lowest BCUT2D eigenvalue weighted by Crippen LogP contribution is -2.52. The van der Waals surface area contributed by atoms with Gasteiger partial charge in [0.15, 0.2) is 0 Å². The second kappa shape index (κ2) is 14.3. The van der Waals surface area contributed by atoms with Crippen LogP contribution in [0.1, 0.15) is 57.4 Å². The third kappa shape index (κ3) is 6.98. The molecule has 0 bridgehead atoms. The second-order valence-corrected chi connectivity index (χ2v) is 13.3. The van der Waals surface area contributed by atoms with Crippen LogP contribution in [0.2, 0.25) is 0 Å². The average Bonchev–Trinajstić information content (AvgIpc) is 3.44. The Morgan fingerprint density at radius 3 is 2.18 bits per heavy atom.